The molecular weight excluding hydrogens is 210 g/mol. The van der Waals surface area contributed by atoms with Gasteiger partial charge in [-0.25, -0.2) is 8.78 Å². The molecule has 0 fully saturated rings. The van der Waals surface area contributed by atoms with Gasteiger partial charge in [0, 0.05) is 11.6 Å². The van der Waals surface area contributed by atoms with Gasteiger partial charge in [-0.05, 0) is 29.8 Å². The molecule has 0 saturated carbocycles. The van der Waals surface area contributed by atoms with Gasteiger partial charge in [-0.15, -0.1) is 0 Å². The average Bonchev–Trinajstić information content (AvgIpc) is 2.29. The van der Waals surface area contributed by atoms with Crippen molar-refractivity contribution in [2.75, 3.05) is 7.11 Å². The van der Waals surface area contributed by atoms with E-state index in [4.69, 9.17) is 4.74 Å². The molecule has 0 saturated heterocycles. The maximum absolute atomic E-state index is 13.5. The third-order valence-electron chi connectivity index (χ3n) is 2.31. The quantitative estimate of drug-likeness (QED) is 0.750. The Bertz CT molecular complexity index is 509. The fraction of sp³-hybridized carbons (Fsp3) is 0.0769. The molecule has 3 heteroatoms. The van der Waals surface area contributed by atoms with E-state index in [1.807, 2.05) is 0 Å². The van der Waals surface area contributed by atoms with E-state index in [0.717, 1.165) is 6.07 Å². The third-order valence-corrected chi connectivity index (χ3v) is 2.31. The van der Waals surface area contributed by atoms with E-state index in [1.165, 1.54) is 12.1 Å². The van der Waals surface area contributed by atoms with E-state index in [9.17, 15) is 8.78 Å². The van der Waals surface area contributed by atoms with Gasteiger partial charge in [-0.1, -0.05) is 12.1 Å². The molecule has 0 heterocycles. The van der Waals surface area contributed by atoms with Gasteiger partial charge in [0.05, 0.1) is 7.11 Å². The highest BCUT2D eigenvalue weighted by atomic mass is 19.1. The minimum atomic E-state index is -0.579. The molecule has 0 bridgehead atoms. The second kappa shape index (κ2) is 4.31. The molecule has 0 aliphatic heterocycles. The molecule has 0 unspecified atom stereocenters. The summed E-state index contributed by atoms with van der Waals surface area (Å²) in [5, 5.41) is 0. The van der Waals surface area contributed by atoms with E-state index in [1.54, 1.807) is 31.4 Å². The van der Waals surface area contributed by atoms with Crippen LogP contribution in [0.5, 0.6) is 5.75 Å². The van der Waals surface area contributed by atoms with E-state index in [0.29, 0.717) is 16.9 Å². The number of hydrogen-bond donors (Lipinski definition) is 0. The second-order valence-electron chi connectivity index (χ2n) is 3.36. The van der Waals surface area contributed by atoms with Crippen LogP contribution in [-0.2, 0) is 0 Å². The van der Waals surface area contributed by atoms with Crippen molar-refractivity contribution in [3.63, 3.8) is 0 Å². The summed E-state index contributed by atoms with van der Waals surface area (Å²) in [6, 6.07) is 10.5. The molecule has 0 N–H and O–H groups in total. The molecule has 0 amide bonds. The summed E-state index contributed by atoms with van der Waals surface area (Å²) in [7, 11) is 1.54. The number of ether oxygens (including phenoxy) is 1. The van der Waals surface area contributed by atoms with Gasteiger partial charge in [0.1, 0.15) is 17.4 Å². The molecule has 0 atom stereocenters. The summed E-state index contributed by atoms with van der Waals surface area (Å²) < 4.78 is 31.3. The summed E-state index contributed by atoms with van der Waals surface area (Å²) in [6.45, 7) is 0. The number of halogens is 2. The Kier molecular flexibility index (Phi) is 2.86. The maximum atomic E-state index is 13.5. The van der Waals surface area contributed by atoms with Gasteiger partial charge >= 0.3 is 0 Å². The number of benzene rings is 2. The molecule has 0 aliphatic rings. The van der Waals surface area contributed by atoms with Crippen molar-refractivity contribution >= 4 is 0 Å². The van der Waals surface area contributed by atoms with Crippen LogP contribution in [0.25, 0.3) is 11.1 Å². The molecule has 1 nitrogen and oxygen atoms in total. The standard InChI is InChI=1S/C13H10F2O/c1-16-11-4-2-3-9(7-11)12-6-5-10(14)8-13(12)15/h2-8H,1H3. The SMILES string of the molecule is COc1cccc(-c2ccc(F)cc2F)c1. The zero-order valence-corrected chi connectivity index (χ0v) is 8.71. The van der Waals surface area contributed by atoms with Crippen LogP contribution >= 0.6 is 0 Å². The average molecular weight is 220 g/mol. The molecular formula is C13H10F2O. The van der Waals surface area contributed by atoms with Crippen molar-refractivity contribution in [2.45, 2.75) is 0 Å². The lowest BCUT2D eigenvalue weighted by molar-refractivity contribution is 0.415. The molecule has 2 aromatic carbocycles. The highest BCUT2D eigenvalue weighted by molar-refractivity contribution is 5.65. The molecule has 16 heavy (non-hydrogen) atoms. The summed E-state index contributed by atoms with van der Waals surface area (Å²) >= 11 is 0. The fourth-order valence-corrected chi connectivity index (χ4v) is 1.51. The minimum Gasteiger partial charge on any atom is -0.497 e. The maximum Gasteiger partial charge on any atom is 0.133 e. The molecule has 2 aromatic rings. The summed E-state index contributed by atoms with van der Waals surface area (Å²) in [5.74, 6) is -0.515. The Hall–Kier alpha value is -1.90. The first-order valence-corrected chi connectivity index (χ1v) is 4.80. The number of methoxy groups -OCH3 is 1. The first-order chi connectivity index (χ1) is 7.70. The monoisotopic (exact) mass is 220 g/mol. The predicted octanol–water partition coefficient (Wildman–Crippen LogP) is 3.64. The van der Waals surface area contributed by atoms with Gasteiger partial charge in [0.15, 0.2) is 0 Å². The minimum absolute atomic E-state index is 0.361. The molecule has 0 aromatic heterocycles. The molecule has 82 valence electrons. The smallest absolute Gasteiger partial charge is 0.133 e. The number of rotatable bonds is 2. The highest BCUT2D eigenvalue weighted by Gasteiger charge is 2.06. The third kappa shape index (κ3) is 2.03. The Labute approximate surface area is 92.3 Å². The topological polar surface area (TPSA) is 9.23 Å². The van der Waals surface area contributed by atoms with Crippen LogP contribution in [0.4, 0.5) is 8.78 Å². The lowest BCUT2D eigenvalue weighted by Crippen LogP contribution is -1.88. The Morgan fingerprint density at radius 2 is 1.81 bits per heavy atom. The molecule has 0 spiro atoms. The van der Waals surface area contributed by atoms with Crippen molar-refractivity contribution in [1.29, 1.82) is 0 Å². The van der Waals surface area contributed by atoms with Crippen LogP contribution in [-0.4, -0.2) is 7.11 Å². The molecule has 0 aliphatic carbocycles. The zero-order valence-electron chi connectivity index (χ0n) is 8.71. The van der Waals surface area contributed by atoms with E-state index >= 15 is 0 Å². The first kappa shape index (κ1) is 10.6. The van der Waals surface area contributed by atoms with Gasteiger partial charge in [0.25, 0.3) is 0 Å². The first-order valence-electron chi connectivity index (χ1n) is 4.80. The number of hydrogen-bond acceptors (Lipinski definition) is 1. The van der Waals surface area contributed by atoms with Crippen LogP contribution < -0.4 is 4.74 Å². The van der Waals surface area contributed by atoms with Crippen molar-refractivity contribution in [3.05, 3.63) is 54.1 Å². The lowest BCUT2D eigenvalue weighted by Gasteiger charge is -2.05. The van der Waals surface area contributed by atoms with Gasteiger partial charge in [-0.2, -0.15) is 0 Å². The normalized spacial score (nSPS) is 10.2. The fourth-order valence-electron chi connectivity index (χ4n) is 1.51. The van der Waals surface area contributed by atoms with Gasteiger partial charge in [0.2, 0.25) is 0 Å². The largest absolute Gasteiger partial charge is 0.497 e. The van der Waals surface area contributed by atoms with Crippen molar-refractivity contribution in [3.8, 4) is 16.9 Å². The van der Waals surface area contributed by atoms with Gasteiger partial charge < -0.3 is 4.74 Å². The predicted molar refractivity (Wildman–Crippen MR) is 58.3 cm³/mol. The molecule has 2 rings (SSSR count). The Balaban J connectivity index is 2.49. The van der Waals surface area contributed by atoms with Crippen LogP contribution in [0.1, 0.15) is 0 Å². The van der Waals surface area contributed by atoms with Crippen molar-refractivity contribution in [1.82, 2.24) is 0 Å². The van der Waals surface area contributed by atoms with Crippen LogP contribution in [0.3, 0.4) is 0 Å². The van der Waals surface area contributed by atoms with Crippen molar-refractivity contribution in [2.24, 2.45) is 0 Å². The Morgan fingerprint density at radius 3 is 2.50 bits per heavy atom. The van der Waals surface area contributed by atoms with Gasteiger partial charge in [-0.3, -0.25) is 0 Å². The van der Waals surface area contributed by atoms with Crippen LogP contribution in [0.15, 0.2) is 42.5 Å². The van der Waals surface area contributed by atoms with E-state index in [-0.39, 0.29) is 0 Å². The summed E-state index contributed by atoms with van der Waals surface area (Å²) in [5.41, 5.74) is 1.03. The van der Waals surface area contributed by atoms with E-state index < -0.39 is 11.6 Å². The van der Waals surface area contributed by atoms with Crippen LogP contribution in [0.2, 0.25) is 0 Å². The second-order valence-corrected chi connectivity index (χ2v) is 3.36. The lowest BCUT2D eigenvalue weighted by atomic mass is 10.0. The Morgan fingerprint density at radius 1 is 1.00 bits per heavy atom. The summed E-state index contributed by atoms with van der Waals surface area (Å²) in [4.78, 5) is 0. The summed E-state index contributed by atoms with van der Waals surface area (Å²) in [6.07, 6.45) is 0. The van der Waals surface area contributed by atoms with Crippen molar-refractivity contribution < 1.29 is 13.5 Å². The zero-order chi connectivity index (χ0) is 11.5. The molecule has 0 radical (unpaired) electrons. The van der Waals surface area contributed by atoms with Crippen LogP contribution in [0, 0.1) is 11.6 Å². The van der Waals surface area contributed by atoms with E-state index in [2.05, 4.69) is 0 Å². The highest BCUT2D eigenvalue weighted by Crippen LogP contribution is 2.26.